The van der Waals surface area contributed by atoms with Gasteiger partial charge in [-0.3, -0.25) is 0 Å². The first-order chi connectivity index (χ1) is 36.9. The fourth-order valence-electron chi connectivity index (χ4n) is 9.57. The summed E-state index contributed by atoms with van der Waals surface area (Å²) in [5.41, 5.74) is 10.4. The van der Waals surface area contributed by atoms with Crippen molar-refractivity contribution >= 4 is 113 Å². The summed E-state index contributed by atoms with van der Waals surface area (Å²) < 4.78 is 11.7. The van der Waals surface area contributed by atoms with E-state index in [1.807, 2.05) is 48.2 Å². The topological polar surface area (TPSA) is 47.5 Å². The van der Waals surface area contributed by atoms with Gasteiger partial charge in [0.2, 0.25) is 0 Å². The number of nitrogens with zero attached hydrogens (tertiary/aromatic N) is 3. The third-order valence-electron chi connectivity index (χ3n) is 13.1. The third kappa shape index (κ3) is 10.4. The summed E-state index contributed by atoms with van der Waals surface area (Å²) in [5.74, 6) is 1.75. The van der Waals surface area contributed by atoms with Crippen molar-refractivity contribution in [3.63, 3.8) is 0 Å². The van der Waals surface area contributed by atoms with E-state index in [2.05, 4.69) is 235 Å². The Morgan fingerprint density at radius 2 is 1.00 bits per heavy atom. The molecule has 3 heterocycles. The molecule has 366 valence electrons. The van der Waals surface area contributed by atoms with E-state index in [4.69, 9.17) is 19.4 Å². The predicted octanol–water partition coefficient (Wildman–Crippen LogP) is 17.0. The number of benzene rings is 10. The lowest BCUT2D eigenvalue weighted by molar-refractivity contribution is 0.414. The molecule has 0 atom stereocenters. The molecule has 0 amide bonds. The molecule has 75 heavy (non-hydrogen) atoms. The van der Waals surface area contributed by atoms with Crippen molar-refractivity contribution in [1.82, 2.24) is 9.97 Å². The second-order valence-corrected chi connectivity index (χ2v) is 23.1. The highest BCUT2D eigenvalue weighted by Gasteiger charge is 2.24. The van der Waals surface area contributed by atoms with Crippen LogP contribution in [0.5, 0.6) is 11.5 Å². The summed E-state index contributed by atoms with van der Waals surface area (Å²) in [5, 5.41) is 8.92. The van der Waals surface area contributed by atoms with Crippen molar-refractivity contribution in [1.29, 1.82) is 0 Å². The summed E-state index contributed by atoms with van der Waals surface area (Å²) in [4.78, 5) is 16.8. The largest absolute Gasteiger partial charge is 0.497 e. The van der Waals surface area contributed by atoms with Crippen LogP contribution < -0.4 is 30.3 Å². The van der Waals surface area contributed by atoms with Crippen LogP contribution in [0.15, 0.2) is 261 Å². The van der Waals surface area contributed by atoms with E-state index < -0.39 is 7.92 Å². The van der Waals surface area contributed by atoms with E-state index in [0.29, 0.717) is 0 Å². The highest BCUT2D eigenvalue weighted by molar-refractivity contribution is 9.10. The minimum absolute atomic E-state index is 0.641. The van der Waals surface area contributed by atoms with Crippen LogP contribution in [0, 0.1) is 0 Å². The zero-order chi connectivity index (χ0) is 51.3. The Hall–Kier alpha value is -7.45. The van der Waals surface area contributed by atoms with Crippen molar-refractivity contribution in [2.45, 2.75) is 19.6 Å². The minimum atomic E-state index is -0.641. The van der Waals surface area contributed by atoms with Crippen LogP contribution in [0.1, 0.15) is 0 Å². The molecule has 1 aliphatic rings. The number of para-hydroxylation sites is 3. The van der Waals surface area contributed by atoms with Gasteiger partial charge in [-0.1, -0.05) is 197 Å². The van der Waals surface area contributed by atoms with E-state index in [-0.39, 0.29) is 0 Å². The first-order valence-corrected chi connectivity index (χ1v) is 28.4. The first-order valence-electron chi connectivity index (χ1n) is 24.6. The molecule has 0 N–H and O–H groups in total. The molecule has 10 aromatic carbocycles. The van der Waals surface area contributed by atoms with Gasteiger partial charge in [0.1, 0.15) is 11.5 Å². The van der Waals surface area contributed by atoms with Crippen molar-refractivity contribution < 1.29 is 9.47 Å². The molecule has 0 radical (unpaired) electrons. The maximum absolute atomic E-state index is 5.41. The van der Waals surface area contributed by atoms with E-state index in [9.17, 15) is 0 Å². The number of halogens is 1. The van der Waals surface area contributed by atoms with E-state index in [1.165, 1.54) is 74.2 Å². The Bertz CT molecular complexity index is 3950. The molecule has 0 aliphatic carbocycles. The molecular formula is C66H51BrN3O2PS2. The Morgan fingerprint density at radius 1 is 0.467 bits per heavy atom. The lowest BCUT2D eigenvalue weighted by Gasteiger charge is -2.24. The maximum atomic E-state index is 5.41. The summed E-state index contributed by atoms with van der Waals surface area (Å²) in [6, 6.07) is 82.9. The molecule has 0 bridgehead atoms. The average molecular weight is 1090 g/mol. The van der Waals surface area contributed by atoms with Gasteiger partial charge in [-0.15, -0.1) is 0 Å². The molecule has 5 nitrogen and oxygen atoms in total. The van der Waals surface area contributed by atoms with Gasteiger partial charge in [-0.25, -0.2) is 9.97 Å². The third-order valence-corrected chi connectivity index (χ3v) is 18.6. The number of hydrogen-bond donors (Lipinski definition) is 0. The number of ether oxygens (including phenoxy) is 2. The minimum Gasteiger partial charge on any atom is -0.497 e. The zero-order valence-corrected chi connectivity index (χ0v) is 45.9. The molecule has 2 aromatic heterocycles. The smallest absolute Gasteiger partial charge is 0.119 e. The van der Waals surface area contributed by atoms with E-state index in [0.717, 1.165) is 48.8 Å². The molecular weight excluding hydrogens is 1040 g/mol. The number of methoxy groups -OCH3 is 2. The highest BCUT2D eigenvalue weighted by Crippen LogP contribution is 2.51. The van der Waals surface area contributed by atoms with Crippen LogP contribution in [0.25, 0.3) is 65.9 Å². The molecule has 9 heteroatoms. The number of hydrogen-bond acceptors (Lipinski definition) is 7. The van der Waals surface area contributed by atoms with Crippen LogP contribution >= 0.6 is 47.4 Å². The standard InChI is InChI=1S/C26H24NP.C20H14BrNOS.C20H13NOS/c1-27(2)25-19-11-9-17-23(25)24-18-10-12-20-26(24)28(21-13-5-3-6-14-21)22-15-7-4-8-16-22;1-23-13-9-11-14(12-10-13)24-20-15-5-2-3-7-17(15)22-18-8-4-6-16(21)19(18)20;1-22-12-9-10-18-15(11-12)13-6-4-8-17-19(13)20(23-18)14-5-2-3-7-16(14)21-17/h3-20H,1-2H3;2-12H,1H3;2-11H,1H3. The lowest BCUT2D eigenvalue weighted by Crippen LogP contribution is -2.22. The van der Waals surface area contributed by atoms with Gasteiger partial charge in [0.25, 0.3) is 0 Å². The summed E-state index contributed by atoms with van der Waals surface area (Å²) in [6.07, 6.45) is 0. The lowest BCUT2D eigenvalue weighted by atomic mass is 9.98. The summed E-state index contributed by atoms with van der Waals surface area (Å²) in [6.45, 7) is 0. The quantitative estimate of drug-likeness (QED) is 0.105. The van der Waals surface area contributed by atoms with Crippen LogP contribution in [-0.2, 0) is 0 Å². The second-order valence-electron chi connectivity index (χ2n) is 17.9. The molecule has 0 spiro atoms. The predicted molar refractivity (Wildman–Crippen MR) is 324 cm³/mol. The number of rotatable bonds is 9. The number of anilines is 1. The van der Waals surface area contributed by atoms with Gasteiger partial charge in [0.05, 0.1) is 36.3 Å². The maximum Gasteiger partial charge on any atom is 0.119 e. The van der Waals surface area contributed by atoms with Gasteiger partial charge < -0.3 is 14.4 Å². The van der Waals surface area contributed by atoms with Crippen LogP contribution in [0.3, 0.4) is 0 Å². The molecule has 1 aliphatic heterocycles. The normalized spacial score (nSPS) is 11.4. The van der Waals surface area contributed by atoms with E-state index >= 15 is 0 Å². The van der Waals surface area contributed by atoms with Crippen LogP contribution in [-0.4, -0.2) is 38.3 Å². The van der Waals surface area contributed by atoms with Crippen LogP contribution in [0.2, 0.25) is 0 Å². The Morgan fingerprint density at radius 3 is 1.68 bits per heavy atom. The van der Waals surface area contributed by atoms with Crippen molar-refractivity contribution in [3.8, 4) is 33.8 Å². The number of fused-ring (bicyclic) bond motifs is 6. The average Bonchev–Trinajstić information content (AvgIpc) is 3.46. The molecule has 13 rings (SSSR count). The molecule has 0 saturated carbocycles. The van der Waals surface area contributed by atoms with Crippen molar-refractivity contribution in [2.24, 2.45) is 0 Å². The SMILES string of the molecule is CN(C)c1ccccc1-c1ccccc1P(c1ccccc1)c1ccccc1.COc1ccc(Sc2c3ccccc3nc3cccc(Br)c23)cc1.COc1ccc2c(c1)-c1cccc3nc4ccccc4c(c13)S2. The summed E-state index contributed by atoms with van der Waals surface area (Å²) >= 11 is 7.28. The van der Waals surface area contributed by atoms with Gasteiger partial charge in [-0.05, 0) is 119 Å². The molecule has 12 aromatic rings. The van der Waals surface area contributed by atoms with Crippen LogP contribution in [0.4, 0.5) is 5.69 Å². The fraction of sp³-hybridized carbons (Fsp3) is 0.0606. The Balaban J connectivity index is 0.000000121. The zero-order valence-electron chi connectivity index (χ0n) is 41.8. The van der Waals surface area contributed by atoms with E-state index in [1.54, 1.807) is 26.0 Å². The number of pyridine rings is 2. The van der Waals surface area contributed by atoms with Gasteiger partial charge in [0.15, 0.2) is 0 Å². The van der Waals surface area contributed by atoms with Gasteiger partial charge in [0, 0.05) is 70.9 Å². The van der Waals surface area contributed by atoms with Gasteiger partial charge >= 0.3 is 0 Å². The molecule has 0 unspecified atom stereocenters. The fourth-order valence-corrected chi connectivity index (χ4v) is 15.1. The molecule has 0 fully saturated rings. The highest BCUT2D eigenvalue weighted by atomic mass is 79.9. The summed E-state index contributed by atoms with van der Waals surface area (Å²) in [7, 11) is 6.97. The first kappa shape index (κ1) is 49.7. The van der Waals surface area contributed by atoms with Crippen molar-refractivity contribution in [2.75, 3.05) is 33.2 Å². The second kappa shape index (κ2) is 22.6. The number of aromatic nitrogens is 2. The van der Waals surface area contributed by atoms with Gasteiger partial charge in [-0.2, -0.15) is 0 Å². The Kier molecular flexibility index (Phi) is 15.0. The Labute approximate surface area is 456 Å². The van der Waals surface area contributed by atoms with Crippen molar-refractivity contribution in [3.05, 3.63) is 241 Å². The molecule has 0 saturated heterocycles. The monoisotopic (exact) mass is 1090 g/mol.